The maximum Gasteiger partial charge on any atom is 0.333 e. The van der Waals surface area contributed by atoms with Gasteiger partial charge in [-0.1, -0.05) is 139 Å². The second-order valence-electron chi connectivity index (χ2n) is 19.3. The van der Waals surface area contributed by atoms with Gasteiger partial charge in [0, 0.05) is 77.1 Å². The van der Waals surface area contributed by atoms with E-state index in [0.717, 1.165) is 22.2 Å². The fourth-order valence-electron chi connectivity index (χ4n) is 13.2. The van der Waals surface area contributed by atoms with E-state index >= 15 is 0 Å². The average molecular weight is 866 g/mol. The van der Waals surface area contributed by atoms with Gasteiger partial charge in [-0.15, -0.1) is 0 Å². The summed E-state index contributed by atoms with van der Waals surface area (Å²) in [7, 11) is 0. The Morgan fingerprint density at radius 1 is 0.412 bits per heavy atom. The zero-order valence-corrected chi connectivity index (χ0v) is 37.7. The standard InChI is InChI=1S/C63H40BN3O/c1-35-28-36(2)61(37(3)29-35)66-52-33-47-42-20-10-13-23-49(42)65-50-24-14-11-21-43(50)58(63(47)65)60(52)64-59-53(66)34-55-56(44-22-12-15-25-54(44)68-55)57(59)48-32-41(39-18-8-5-9-19-39)31-46-45-30-40(38-16-6-4-7-17-38)26-27-51(45)67(64)62(46)48/h4-34H,1-3H3. The van der Waals surface area contributed by atoms with Gasteiger partial charge in [0.05, 0.1) is 22.2 Å². The number of benzene rings is 10. The van der Waals surface area contributed by atoms with Crippen LogP contribution in [-0.4, -0.2) is 15.7 Å². The molecule has 4 nitrogen and oxygen atoms in total. The Hall–Kier alpha value is -8.54. The number of aryl methyl sites for hydroxylation is 3. The van der Waals surface area contributed by atoms with Crippen LogP contribution < -0.4 is 15.8 Å². The van der Waals surface area contributed by atoms with Crippen molar-refractivity contribution in [3.63, 3.8) is 0 Å². The highest BCUT2D eigenvalue weighted by Gasteiger charge is 2.47. The zero-order valence-electron chi connectivity index (χ0n) is 37.7. The first kappa shape index (κ1) is 36.7. The maximum atomic E-state index is 7.07. The molecule has 16 rings (SSSR count). The lowest BCUT2D eigenvalue weighted by Gasteiger charge is -2.42. The van der Waals surface area contributed by atoms with Crippen molar-refractivity contribution in [1.29, 1.82) is 0 Å². The minimum Gasteiger partial charge on any atom is -0.456 e. The molecule has 10 aromatic carbocycles. The molecule has 14 aromatic rings. The second kappa shape index (κ2) is 12.9. The van der Waals surface area contributed by atoms with Crippen molar-refractivity contribution in [3.05, 3.63) is 205 Å². The van der Waals surface area contributed by atoms with Gasteiger partial charge >= 0.3 is 6.85 Å². The number of nitrogens with zero attached hydrogens (tertiary/aromatic N) is 3. The predicted molar refractivity (Wildman–Crippen MR) is 287 cm³/mol. The third kappa shape index (κ3) is 4.51. The van der Waals surface area contributed by atoms with Crippen molar-refractivity contribution < 1.29 is 4.42 Å². The van der Waals surface area contributed by atoms with Crippen LogP contribution in [0.15, 0.2) is 192 Å². The minimum atomic E-state index is -0.190. The highest BCUT2D eigenvalue weighted by atomic mass is 16.3. The maximum absolute atomic E-state index is 7.07. The summed E-state index contributed by atoms with van der Waals surface area (Å²) in [6.07, 6.45) is 0. The Labute approximate surface area is 391 Å². The van der Waals surface area contributed by atoms with Crippen molar-refractivity contribution in [2.75, 3.05) is 4.90 Å². The van der Waals surface area contributed by atoms with Crippen molar-refractivity contribution >= 4 is 117 Å². The number of hydrogen-bond donors (Lipinski definition) is 0. The lowest BCUT2D eigenvalue weighted by atomic mass is 9.44. The first-order valence-corrected chi connectivity index (χ1v) is 23.8. The highest BCUT2D eigenvalue weighted by Crippen LogP contribution is 2.53. The van der Waals surface area contributed by atoms with E-state index in [-0.39, 0.29) is 6.85 Å². The monoisotopic (exact) mass is 865 g/mol. The molecule has 0 fully saturated rings. The molecule has 68 heavy (non-hydrogen) atoms. The molecular formula is C63H40BN3O. The molecule has 0 radical (unpaired) electrons. The Morgan fingerprint density at radius 3 is 1.79 bits per heavy atom. The smallest absolute Gasteiger partial charge is 0.333 e. The van der Waals surface area contributed by atoms with E-state index in [9.17, 15) is 0 Å². The van der Waals surface area contributed by atoms with Gasteiger partial charge in [-0.05, 0) is 119 Å². The van der Waals surface area contributed by atoms with E-state index < -0.39 is 0 Å². The molecule has 0 unspecified atom stereocenters. The number of furan rings is 1. The molecule has 0 atom stereocenters. The summed E-state index contributed by atoms with van der Waals surface area (Å²) in [6, 6.07) is 70.3. The van der Waals surface area contributed by atoms with E-state index in [1.807, 2.05) is 0 Å². The van der Waals surface area contributed by atoms with Crippen molar-refractivity contribution in [1.82, 2.24) is 8.88 Å². The average Bonchev–Trinajstić information content (AvgIpc) is 4.11. The van der Waals surface area contributed by atoms with Crippen LogP contribution in [0.5, 0.6) is 0 Å². The van der Waals surface area contributed by atoms with Gasteiger partial charge in [0.2, 0.25) is 0 Å². The lowest BCUT2D eigenvalue weighted by Crippen LogP contribution is -2.57. The molecule has 0 saturated heterocycles. The van der Waals surface area contributed by atoms with E-state index in [0.29, 0.717) is 0 Å². The van der Waals surface area contributed by atoms with Gasteiger partial charge in [-0.2, -0.15) is 0 Å². The zero-order chi connectivity index (χ0) is 44.7. The predicted octanol–water partition coefficient (Wildman–Crippen LogP) is 15.5. The van der Waals surface area contributed by atoms with Gasteiger partial charge in [-0.25, -0.2) is 0 Å². The molecule has 5 heteroatoms. The van der Waals surface area contributed by atoms with Crippen molar-refractivity contribution in [3.8, 4) is 33.4 Å². The fraction of sp³-hybridized carbons (Fsp3) is 0.0476. The molecule has 6 heterocycles. The molecule has 0 amide bonds. The Kier molecular flexibility index (Phi) is 6.94. The summed E-state index contributed by atoms with van der Waals surface area (Å²) < 4.78 is 12.4. The molecule has 0 bridgehead atoms. The van der Waals surface area contributed by atoms with Gasteiger partial charge in [-0.3, -0.25) is 0 Å². The minimum absolute atomic E-state index is 0.190. The van der Waals surface area contributed by atoms with Gasteiger partial charge in [0.15, 0.2) is 0 Å². The van der Waals surface area contributed by atoms with Gasteiger partial charge in [0.1, 0.15) is 11.2 Å². The van der Waals surface area contributed by atoms with Crippen LogP contribution in [0, 0.1) is 20.8 Å². The molecule has 4 aromatic heterocycles. The number of fused-ring (bicyclic) bond motifs is 18. The van der Waals surface area contributed by atoms with Crippen molar-refractivity contribution in [2.24, 2.45) is 0 Å². The highest BCUT2D eigenvalue weighted by molar-refractivity contribution is 6.92. The molecule has 2 aliphatic heterocycles. The summed E-state index contributed by atoms with van der Waals surface area (Å²) in [5, 5.41) is 9.94. The summed E-state index contributed by atoms with van der Waals surface area (Å²) in [6.45, 7) is 6.61. The molecule has 0 spiro atoms. The van der Waals surface area contributed by atoms with Crippen LogP contribution >= 0.6 is 0 Å². The van der Waals surface area contributed by atoms with Crippen LogP contribution in [0.3, 0.4) is 0 Å². The first-order valence-electron chi connectivity index (χ1n) is 23.8. The summed E-state index contributed by atoms with van der Waals surface area (Å²) in [4.78, 5) is 2.63. The fourth-order valence-corrected chi connectivity index (χ4v) is 13.2. The topological polar surface area (TPSA) is 25.7 Å². The van der Waals surface area contributed by atoms with Crippen LogP contribution in [0.1, 0.15) is 16.7 Å². The van der Waals surface area contributed by atoms with Crippen LogP contribution in [-0.2, 0) is 0 Å². The second-order valence-corrected chi connectivity index (χ2v) is 19.3. The summed E-state index contributed by atoms with van der Waals surface area (Å²) >= 11 is 0. The Balaban J connectivity index is 1.18. The molecule has 0 aliphatic carbocycles. The molecule has 316 valence electrons. The third-order valence-corrected chi connectivity index (χ3v) is 15.6. The number of hydrogen-bond acceptors (Lipinski definition) is 2. The van der Waals surface area contributed by atoms with Crippen LogP contribution in [0.2, 0.25) is 0 Å². The van der Waals surface area contributed by atoms with Crippen LogP contribution in [0.25, 0.3) is 115 Å². The quantitative estimate of drug-likeness (QED) is 0.165. The van der Waals surface area contributed by atoms with E-state index in [1.165, 1.54) is 138 Å². The Bertz CT molecular complexity index is 4510. The molecule has 0 N–H and O–H groups in total. The lowest BCUT2D eigenvalue weighted by molar-refractivity contribution is 0.669. The number of rotatable bonds is 3. The Morgan fingerprint density at radius 2 is 1.03 bits per heavy atom. The summed E-state index contributed by atoms with van der Waals surface area (Å²) in [5.41, 5.74) is 25.3. The van der Waals surface area contributed by atoms with E-state index in [2.05, 4.69) is 223 Å². The SMILES string of the molecule is Cc1cc(C)c(N2c3cc4oc5ccccc5c4c4c3B(c3c2cc2c5ccccc5n5c6ccccc6c3c25)n2c3ccc(-c5ccccc5)cc3c3cc(-c5ccccc5)cc-4c32)c(C)c1. The number of anilines is 3. The number of aromatic nitrogens is 2. The third-order valence-electron chi connectivity index (χ3n) is 15.6. The van der Waals surface area contributed by atoms with Gasteiger partial charge < -0.3 is 18.2 Å². The van der Waals surface area contributed by atoms with Crippen molar-refractivity contribution in [2.45, 2.75) is 20.8 Å². The van der Waals surface area contributed by atoms with Gasteiger partial charge in [0.25, 0.3) is 0 Å². The van der Waals surface area contributed by atoms with Crippen LogP contribution in [0.4, 0.5) is 17.1 Å². The number of para-hydroxylation sites is 3. The first-order chi connectivity index (χ1) is 33.5. The molecular weight excluding hydrogens is 826 g/mol. The molecule has 0 saturated carbocycles. The molecule has 2 aliphatic rings. The summed E-state index contributed by atoms with van der Waals surface area (Å²) in [5.74, 6) is 0. The normalized spacial score (nSPS) is 13.2. The largest absolute Gasteiger partial charge is 0.456 e. The van der Waals surface area contributed by atoms with E-state index in [1.54, 1.807) is 0 Å². The van der Waals surface area contributed by atoms with E-state index in [4.69, 9.17) is 4.42 Å².